The Bertz CT molecular complexity index is 309. The Hall–Kier alpha value is -1.17. The first-order valence-corrected chi connectivity index (χ1v) is 5.49. The van der Waals surface area contributed by atoms with Crippen molar-refractivity contribution in [1.82, 2.24) is 20.2 Å². The summed E-state index contributed by atoms with van der Waals surface area (Å²) in [6.45, 7) is 0.870. The first-order chi connectivity index (χ1) is 7.27. The Balaban J connectivity index is 1.84. The van der Waals surface area contributed by atoms with E-state index in [1.54, 1.807) is 4.68 Å². The van der Waals surface area contributed by atoms with E-state index in [2.05, 4.69) is 20.8 Å². The highest BCUT2D eigenvalue weighted by atomic mass is 15.6. The Labute approximate surface area is 89.2 Å². The van der Waals surface area contributed by atoms with E-state index < -0.39 is 0 Å². The molecule has 0 amide bonds. The van der Waals surface area contributed by atoms with E-state index in [9.17, 15) is 0 Å². The molecule has 6 nitrogen and oxygen atoms in total. The minimum atomic E-state index is 0.326. The fraction of sp³-hybridized carbons (Fsp3) is 0.889. The quantitative estimate of drug-likeness (QED) is 0.741. The zero-order chi connectivity index (χ0) is 10.7. The van der Waals surface area contributed by atoms with Crippen LogP contribution in [0, 0.1) is 5.92 Å². The molecule has 2 atom stereocenters. The summed E-state index contributed by atoms with van der Waals surface area (Å²) >= 11 is 0. The maximum absolute atomic E-state index is 6.06. The van der Waals surface area contributed by atoms with Gasteiger partial charge in [-0.3, -0.25) is 0 Å². The van der Waals surface area contributed by atoms with E-state index >= 15 is 0 Å². The number of anilines is 1. The van der Waals surface area contributed by atoms with E-state index in [1.165, 1.54) is 19.3 Å². The van der Waals surface area contributed by atoms with E-state index in [4.69, 9.17) is 5.73 Å². The van der Waals surface area contributed by atoms with E-state index in [0.29, 0.717) is 17.9 Å². The summed E-state index contributed by atoms with van der Waals surface area (Å²) in [5.41, 5.74) is 6.06. The lowest BCUT2D eigenvalue weighted by molar-refractivity contribution is 0.320. The van der Waals surface area contributed by atoms with Crippen LogP contribution < -0.4 is 11.1 Å². The molecule has 0 spiro atoms. The van der Waals surface area contributed by atoms with Crippen molar-refractivity contribution < 1.29 is 0 Å². The number of nitrogens with zero attached hydrogens (tertiary/aromatic N) is 4. The van der Waals surface area contributed by atoms with Crippen LogP contribution in [-0.2, 0) is 7.05 Å². The van der Waals surface area contributed by atoms with E-state index in [0.717, 1.165) is 13.0 Å². The average molecular weight is 210 g/mol. The third-order valence-corrected chi connectivity index (χ3v) is 3.11. The first-order valence-electron chi connectivity index (χ1n) is 5.49. The van der Waals surface area contributed by atoms with Gasteiger partial charge in [0.25, 0.3) is 0 Å². The lowest BCUT2D eigenvalue weighted by Gasteiger charge is -2.28. The molecule has 3 N–H and O–H groups in total. The first kappa shape index (κ1) is 10.4. The molecule has 0 radical (unpaired) electrons. The maximum atomic E-state index is 6.06. The van der Waals surface area contributed by atoms with Crippen LogP contribution in [-0.4, -0.2) is 32.8 Å². The molecule has 84 valence electrons. The summed E-state index contributed by atoms with van der Waals surface area (Å²) in [6.07, 6.45) is 4.91. The molecule has 1 fully saturated rings. The monoisotopic (exact) mass is 210 g/mol. The molecule has 1 heterocycles. The summed E-state index contributed by atoms with van der Waals surface area (Å²) in [5, 5.41) is 14.4. The second-order valence-corrected chi connectivity index (χ2v) is 4.22. The van der Waals surface area contributed by atoms with Gasteiger partial charge < -0.3 is 11.1 Å². The molecule has 1 aromatic rings. The smallest absolute Gasteiger partial charge is 0.242 e. The van der Waals surface area contributed by atoms with Gasteiger partial charge in [-0.15, -0.1) is 0 Å². The number of aromatic nitrogens is 4. The zero-order valence-electron chi connectivity index (χ0n) is 9.06. The van der Waals surface area contributed by atoms with Crippen molar-refractivity contribution in [1.29, 1.82) is 0 Å². The standard InChI is InChI=1S/C9H18N6/c1-15-9(12-13-14-15)11-6-7-4-2-3-5-8(7)10/h7-8H,2-6,10H2,1H3,(H,11,12,14). The normalized spacial score (nSPS) is 26.5. The highest BCUT2D eigenvalue weighted by Crippen LogP contribution is 2.22. The van der Waals surface area contributed by atoms with Gasteiger partial charge in [-0.1, -0.05) is 17.9 Å². The molecular weight excluding hydrogens is 192 g/mol. The lowest BCUT2D eigenvalue weighted by Crippen LogP contribution is -2.37. The highest BCUT2D eigenvalue weighted by molar-refractivity contribution is 5.21. The summed E-state index contributed by atoms with van der Waals surface area (Å²) < 4.78 is 1.63. The van der Waals surface area contributed by atoms with Gasteiger partial charge in [-0.2, -0.15) is 0 Å². The number of tetrazole rings is 1. The van der Waals surface area contributed by atoms with E-state index in [1.807, 2.05) is 7.05 Å². The van der Waals surface area contributed by atoms with Crippen LogP contribution in [0.15, 0.2) is 0 Å². The van der Waals surface area contributed by atoms with Gasteiger partial charge in [0, 0.05) is 19.6 Å². The van der Waals surface area contributed by atoms with Gasteiger partial charge >= 0.3 is 0 Å². The van der Waals surface area contributed by atoms with Gasteiger partial charge in [0.1, 0.15) is 0 Å². The molecule has 2 rings (SSSR count). The summed E-state index contributed by atoms with van der Waals surface area (Å²) in [6, 6.07) is 0.326. The van der Waals surface area contributed by atoms with Crippen LogP contribution >= 0.6 is 0 Å². The molecule has 2 unspecified atom stereocenters. The Morgan fingerprint density at radius 3 is 2.93 bits per heavy atom. The lowest BCUT2D eigenvalue weighted by atomic mass is 9.85. The summed E-state index contributed by atoms with van der Waals surface area (Å²) in [5.74, 6) is 1.27. The average Bonchev–Trinajstić information content (AvgIpc) is 2.63. The second kappa shape index (κ2) is 4.57. The van der Waals surface area contributed by atoms with Crippen LogP contribution in [0.1, 0.15) is 25.7 Å². The predicted octanol–water partition coefficient (Wildman–Crippen LogP) is 0.139. The van der Waals surface area contributed by atoms with Gasteiger partial charge in [-0.05, 0) is 29.2 Å². The fourth-order valence-electron chi connectivity index (χ4n) is 2.09. The molecule has 6 heteroatoms. The Morgan fingerprint density at radius 1 is 1.47 bits per heavy atom. The number of hydrogen-bond acceptors (Lipinski definition) is 5. The van der Waals surface area contributed by atoms with Crippen molar-refractivity contribution in [2.24, 2.45) is 18.7 Å². The number of hydrogen-bond donors (Lipinski definition) is 2. The molecule has 1 aliphatic rings. The highest BCUT2D eigenvalue weighted by Gasteiger charge is 2.21. The molecule has 1 aromatic heterocycles. The molecule has 0 bridgehead atoms. The predicted molar refractivity (Wildman–Crippen MR) is 57.2 cm³/mol. The van der Waals surface area contributed by atoms with Crippen LogP contribution in [0.3, 0.4) is 0 Å². The Morgan fingerprint density at radius 2 is 2.27 bits per heavy atom. The maximum Gasteiger partial charge on any atom is 0.242 e. The summed E-state index contributed by atoms with van der Waals surface area (Å²) in [7, 11) is 1.82. The Kier molecular flexibility index (Phi) is 3.15. The van der Waals surface area contributed by atoms with Crippen molar-refractivity contribution in [3.63, 3.8) is 0 Å². The largest absolute Gasteiger partial charge is 0.353 e. The number of nitrogens with one attached hydrogen (secondary N) is 1. The molecule has 0 saturated heterocycles. The minimum absolute atomic E-state index is 0.326. The van der Waals surface area contributed by atoms with E-state index in [-0.39, 0.29) is 0 Å². The molecule has 15 heavy (non-hydrogen) atoms. The van der Waals surface area contributed by atoms with Gasteiger partial charge in [0.05, 0.1) is 0 Å². The van der Waals surface area contributed by atoms with Crippen molar-refractivity contribution in [3.05, 3.63) is 0 Å². The van der Waals surface area contributed by atoms with Crippen LogP contribution in [0.25, 0.3) is 0 Å². The molecule has 1 saturated carbocycles. The minimum Gasteiger partial charge on any atom is -0.353 e. The van der Waals surface area contributed by atoms with Crippen LogP contribution in [0.4, 0.5) is 5.95 Å². The zero-order valence-corrected chi connectivity index (χ0v) is 9.06. The second-order valence-electron chi connectivity index (χ2n) is 4.22. The van der Waals surface area contributed by atoms with Gasteiger partial charge in [0.15, 0.2) is 0 Å². The van der Waals surface area contributed by atoms with Crippen molar-refractivity contribution >= 4 is 5.95 Å². The SMILES string of the molecule is Cn1nnnc1NCC1CCCCC1N. The van der Waals surface area contributed by atoms with Gasteiger partial charge in [0.2, 0.25) is 5.95 Å². The van der Waals surface area contributed by atoms with Crippen molar-refractivity contribution in [2.75, 3.05) is 11.9 Å². The van der Waals surface area contributed by atoms with Crippen molar-refractivity contribution in [3.8, 4) is 0 Å². The van der Waals surface area contributed by atoms with Crippen molar-refractivity contribution in [2.45, 2.75) is 31.7 Å². The number of aryl methyl sites for hydroxylation is 1. The van der Waals surface area contributed by atoms with Crippen LogP contribution in [0.5, 0.6) is 0 Å². The topological polar surface area (TPSA) is 81.7 Å². The number of rotatable bonds is 3. The van der Waals surface area contributed by atoms with Crippen LogP contribution in [0.2, 0.25) is 0 Å². The molecule has 1 aliphatic carbocycles. The fourth-order valence-corrected chi connectivity index (χ4v) is 2.09. The molecular formula is C9H18N6. The third-order valence-electron chi connectivity index (χ3n) is 3.11. The number of nitrogens with two attached hydrogens (primary N) is 1. The van der Waals surface area contributed by atoms with Gasteiger partial charge in [-0.25, -0.2) is 4.68 Å². The summed E-state index contributed by atoms with van der Waals surface area (Å²) in [4.78, 5) is 0. The molecule has 0 aromatic carbocycles. The molecule has 0 aliphatic heterocycles. The third kappa shape index (κ3) is 2.44.